The highest BCUT2D eigenvalue weighted by molar-refractivity contribution is 14.0. The van der Waals surface area contributed by atoms with Gasteiger partial charge >= 0.3 is 0 Å². The summed E-state index contributed by atoms with van der Waals surface area (Å²) in [6, 6.07) is 10.0. The number of hydrogen-bond acceptors (Lipinski definition) is 3. The van der Waals surface area contributed by atoms with Crippen LogP contribution in [0.3, 0.4) is 0 Å². The number of aliphatic imine (C=N–C) groups is 1. The van der Waals surface area contributed by atoms with E-state index in [4.69, 9.17) is 0 Å². The van der Waals surface area contributed by atoms with E-state index in [-0.39, 0.29) is 47.8 Å². The van der Waals surface area contributed by atoms with E-state index in [2.05, 4.69) is 20.9 Å². The second kappa shape index (κ2) is 12.6. The second-order valence-corrected chi connectivity index (χ2v) is 7.08. The predicted octanol–water partition coefficient (Wildman–Crippen LogP) is 1.73. The molecule has 1 aromatic rings. The maximum Gasteiger partial charge on any atom is 0.225 e. The number of carbonyl (C=O) groups is 2. The first-order valence-electron chi connectivity index (χ1n) is 9.56. The lowest BCUT2D eigenvalue weighted by Crippen LogP contribution is -2.46. The van der Waals surface area contributed by atoms with E-state index in [1.165, 1.54) is 0 Å². The molecule has 2 amide bonds. The number of carbonyl (C=O) groups excluding carboxylic acids is 2. The lowest BCUT2D eigenvalue weighted by Gasteiger charge is -2.20. The number of nitrogens with zero attached hydrogens (tertiary/aromatic N) is 2. The normalized spacial score (nSPS) is 16.5. The molecular formula is C20H32IN5O2. The van der Waals surface area contributed by atoms with Crippen molar-refractivity contribution in [2.45, 2.75) is 39.3 Å². The summed E-state index contributed by atoms with van der Waals surface area (Å²) in [5, 5.41) is 9.41. The molecule has 1 aliphatic rings. The Bertz CT molecular complexity index is 651. The van der Waals surface area contributed by atoms with Gasteiger partial charge in [-0.1, -0.05) is 44.2 Å². The van der Waals surface area contributed by atoms with Crippen LogP contribution in [0.4, 0.5) is 0 Å². The van der Waals surface area contributed by atoms with Gasteiger partial charge in [-0.3, -0.25) is 14.6 Å². The van der Waals surface area contributed by atoms with Crippen molar-refractivity contribution in [2.24, 2.45) is 10.9 Å². The summed E-state index contributed by atoms with van der Waals surface area (Å²) in [6.07, 6.45) is 1.27. The van der Waals surface area contributed by atoms with Gasteiger partial charge in [-0.25, -0.2) is 0 Å². The molecule has 0 bridgehead atoms. The number of amides is 2. The van der Waals surface area contributed by atoms with Crippen LogP contribution in [0.5, 0.6) is 0 Å². The highest BCUT2D eigenvalue weighted by Gasteiger charge is 2.27. The first kappa shape index (κ1) is 24.2. The van der Waals surface area contributed by atoms with Crippen LogP contribution >= 0.6 is 24.0 Å². The molecule has 1 saturated heterocycles. The number of rotatable bonds is 7. The molecule has 0 aromatic heterocycles. The molecular weight excluding hydrogens is 469 g/mol. The van der Waals surface area contributed by atoms with Gasteiger partial charge < -0.3 is 20.9 Å². The predicted molar refractivity (Wildman–Crippen MR) is 123 cm³/mol. The Hall–Kier alpha value is -1.84. The van der Waals surface area contributed by atoms with Gasteiger partial charge in [0.15, 0.2) is 5.96 Å². The van der Waals surface area contributed by atoms with Gasteiger partial charge in [0, 0.05) is 51.6 Å². The first-order valence-corrected chi connectivity index (χ1v) is 9.56. The zero-order valence-corrected chi connectivity index (χ0v) is 19.2. The average molecular weight is 501 g/mol. The third kappa shape index (κ3) is 8.04. The van der Waals surface area contributed by atoms with E-state index in [0.717, 1.165) is 18.5 Å². The Kier molecular flexibility index (Phi) is 10.9. The summed E-state index contributed by atoms with van der Waals surface area (Å²) >= 11 is 0. The topological polar surface area (TPSA) is 85.8 Å². The Morgan fingerprint density at radius 3 is 2.57 bits per heavy atom. The fourth-order valence-corrected chi connectivity index (χ4v) is 3.01. The summed E-state index contributed by atoms with van der Waals surface area (Å²) in [6.45, 7) is 6.35. The smallest absolute Gasteiger partial charge is 0.225 e. The van der Waals surface area contributed by atoms with E-state index in [9.17, 15) is 9.59 Å². The molecule has 3 N–H and O–H groups in total. The minimum Gasteiger partial charge on any atom is -0.356 e. The number of halogens is 1. The van der Waals surface area contributed by atoms with Crippen LogP contribution < -0.4 is 16.0 Å². The number of likely N-dealkylation sites (tertiary alicyclic amines) is 1. The quantitative estimate of drug-likeness (QED) is 0.302. The molecule has 7 nitrogen and oxygen atoms in total. The van der Waals surface area contributed by atoms with Crippen LogP contribution in [0.1, 0.15) is 32.3 Å². The van der Waals surface area contributed by atoms with Gasteiger partial charge in [-0.05, 0) is 12.0 Å². The third-order valence-electron chi connectivity index (χ3n) is 4.54. The molecule has 0 aliphatic carbocycles. The summed E-state index contributed by atoms with van der Waals surface area (Å²) in [4.78, 5) is 30.1. The van der Waals surface area contributed by atoms with Crippen molar-refractivity contribution in [1.29, 1.82) is 0 Å². The summed E-state index contributed by atoms with van der Waals surface area (Å²) in [7, 11) is 1.71. The van der Waals surface area contributed by atoms with Crippen molar-refractivity contribution in [3.63, 3.8) is 0 Å². The van der Waals surface area contributed by atoms with Crippen molar-refractivity contribution >= 4 is 41.8 Å². The second-order valence-electron chi connectivity index (χ2n) is 7.08. The Labute approximate surface area is 184 Å². The molecule has 0 saturated carbocycles. The monoisotopic (exact) mass is 501 g/mol. The fraction of sp³-hybridized carbons (Fsp3) is 0.550. The Balaban J connectivity index is 0.00000392. The van der Waals surface area contributed by atoms with Crippen LogP contribution in [0.2, 0.25) is 0 Å². The highest BCUT2D eigenvalue weighted by atomic mass is 127. The molecule has 1 aliphatic heterocycles. The number of benzene rings is 1. The molecule has 1 unspecified atom stereocenters. The van der Waals surface area contributed by atoms with Crippen LogP contribution in [-0.2, 0) is 16.1 Å². The molecule has 1 fully saturated rings. The van der Waals surface area contributed by atoms with Crippen molar-refractivity contribution in [1.82, 2.24) is 20.9 Å². The molecule has 0 radical (unpaired) electrons. The SMILES string of the molecule is CN=C(NCCC(=O)NCc1ccccc1)NC1CCN(C(=O)C(C)C)C1.I. The average Bonchev–Trinajstić information content (AvgIpc) is 3.14. The highest BCUT2D eigenvalue weighted by Crippen LogP contribution is 2.12. The summed E-state index contributed by atoms with van der Waals surface area (Å²) < 4.78 is 0. The standard InChI is InChI=1S/C20H31N5O2.HI/c1-15(2)19(27)25-12-10-17(14-25)24-20(21-3)22-11-9-18(26)23-13-16-7-5-4-6-8-16;/h4-8,15,17H,9-14H2,1-3H3,(H,23,26)(H2,21,22,24);1H. The third-order valence-corrected chi connectivity index (χ3v) is 4.54. The lowest BCUT2D eigenvalue weighted by atomic mass is 10.2. The Morgan fingerprint density at radius 1 is 1.21 bits per heavy atom. The number of nitrogens with one attached hydrogen (secondary N) is 3. The lowest BCUT2D eigenvalue weighted by molar-refractivity contribution is -0.133. The minimum atomic E-state index is -0.00335. The molecule has 1 heterocycles. The van der Waals surface area contributed by atoms with E-state index in [1.807, 2.05) is 49.1 Å². The molecule has 156 valence electrons. The van der Waals surface area contributed by atoms with Gasteiger partial charge in [-0.2, -0.15) is 0 Å². The van der Waals surface area contributed by atoms with Gasteiger partial charge in [0.1, 0.15) is 0 Å². The maximum absolute atomic E-state index is 12.1. The van der Waals surface area contributed by atoms with Crippen LogP contribution in [0.25, 0.3) is 0 Å². The van der Waals surface area contributed by atoms with E-state index < -0.39 is 0 Å². The first-order chi connectivity index (χ1) is 13.0. The van der Waals surface area contributed by atoms with Gasteiger partial charge in [0.05, 0.1) is 0 Å². The minimum absolute atomic E-state index is 0. The van der Waals surface area contributed by atoms with Crippen molar-refractivity contribution in [3.8, 4) is 0 Å². The van der Waals surface area contributed by atoms with E-state index in [0.29, 0.717) is 32.0 Å². The van der Waals surface area contributed by atoms with Crippen LogP contribution in [-0.4, -0.2) is 55.4 Å². The zero-order valence-electron chi connectivity index (χ0n) is 16.9. The van der Waals surface area contributed by atoms with Gasteiger partial charge in [0.2, 0.25) is 11.8 Å². The van der Waals surface area contributed by atoms with Crippen LogP contribution in [0, 0.1) is 5.92 Å². The molecule has 2 rings (SSSR count). The number of hydrogen-bond donors (Lipinski definition) is 3. The molecule has 28 heavy (non-hydrogen) atoms. The Morgan fingerprint density at radius 2 is 1.93 bits per heavy atom. The summed E-state index contributed by atoms with van der Waals surface area (Å²) in [5.41, 5.74) is 1.08. The van der Waals surface area contributed by atoms with Gasteiger partial charge in [-0.15, -0.1) is 24.0 Å². The van der Waals surface area contributed by atoms with E-state index >= 15 is 0 Å². The zero-order chi connectivity index (χ0) is 19.6. The van der Waals surface area contributed by atoms with Crippen molar-refractivity contribution < 1.29 is 9.59 Å². The summed E-state index contributed by atoms with van der Waals surface area (Å²) in [5.74, 6) is 0.874. The number of guanidine groups is 1. The molecule has 1 aromatic carbocycles. The largest absolute Gasteiger partial charge is 0.356 e. The molecule has 8 heteroatoms. The van der Waals surface area contributed by atoms with E-state index in [1.54, 1.807) is 7.05 Å². The molecule has 1 atom stereocenters. The molecule has 0 spiro atoms. The van der Waals surface area contributed by atoms with Crippen LogP contribution in [0.15, 0.2) is 35.3 Å². The fourth-order valence-electron chi connectivity index (χ4n) is 3.01. The van der Waals surface area contributed by atoms with Crippen molar-refractivity contribution in [3.05, 3.63) is 35.9 Å². The van der Waals surface area contributed by atoms with Crippen molar-refractivity contribution in [2.75, 3.05) is 26.7 Å². The maximum atomic E-state index is 12.1. The van der Waals surface area contributed by atoms with Gasteiger partial charge in [0.25, 0.3) is 0 Å².